The summed E-state index contributed by atoms with van der Waals surface area (Å²) in [4.78, 5) is 0. The molecule has 0 spiro atoms. The van der Waals surface area contributed by atoms with Crippen molar-refractivity contribution >= 4 is 67.8 Å². The van der Waals surface area contributed by atoms with Gasteiger partial charge in [0.15, 0.2) is 0 Å². The number of hydrogen-bond donors (Lipinski definition) is 1. The molecule has 0 saturated carbocycles. The van der Waals surface area contributed by atoms with E-state index in [-0.39, 0.29) is 0 Å². The van der Waals surface area contributed by atoms with Gasteiger partial charge in [-0.25, -0.2) is 0 Å². The van der Waals surface area contributed by atoms with Crippen LogP contribution in [0, 0.1) is 10.7 Å². The number of phenolic OH excluding ortho intramolecular Hbond substituents is 1. The molecule has 0 unspecified atom stereocenters. The molecule has 1 N–H and O–H groups in total. The first-order chi connectivity index (χ1) is 4.63. The minimum atomic E-state index is 0.366. The molecule has 0 radical (unpaired) electrons. The number of phenols is 1. The van der Waals surface area contributed by atoms with Gasteiger partial charge in [0.25, 0.3) is 0 Å². The predicted octanol–water partition coefficient (Wildman–Crippen LogP) is 3.21. The van der Waals surface area contributed by atoms with Crippen LogP contribution in [-0.4, -0.2) is 5.11 Å². The molecule has 0 aliphatic heterocycles. The summed E-state index contributed by atoms with van der Waals surface area (Å²) in [6.45, 7) is 0. The summed E-state index contributed by atoms with van der Waals surface area (Å²) in [5, 5.41) is 9.21. The highest BCUT2D eigenvalue weighted by molar-refractivity contribution is 14.1. The van der Waals surface area contributed by atoms with Crippen LogP contribution in [0.3, 0.4) is 0 Å². The molecule has 0 bridgehead atoms. The van der Waals surface area contributed by atoms with E-state index in [0.29, 0.717) is 5.75 Å². The summed E-state index contributed by atoms with van der Waals surface area (Å²) in [5.74, 6) is 0.366. The molecular formula is C6H3I3O. The fourth-order valence-corrected chi connectivity index (χ4v) is 2.41. The van der Waals surface area contributed by atoms with Crippen molar-refractivity contribution in [2.24, 2.45) is 0 Å². The fraction of sp³-hybridized carbons (Fsp3) is 0. The van der Waals surface area contributed by atoms with Crippen molar-refractivity contribution in [2.45, 2.75) is 0 Å². The molecule has 0 aliphatic carbocycles. The lowest BCUT2D eigenvalue weighted by molar-refractivity contribution is 0.471. The quantitative estimate of drug-likeness (QED) is 0.455. The molecule has 0 amide bonds. The zero-order chi connectivity index (χ0) is 7.72. The number of halogens is 3. The van der Waals surface area contributed by atoms with Crippen LogP contribution in [0.5, 0.6) is 5.75 Å². The van der Waals surface area contributed by atoms with Crippen molar-refractivity contribution < 1.29 is 5.11 Å². The average Bonchev–Trinajstić information content (AvgIpc) is 1.93. The van der Waals surface area contributed by atoms with Gasteiger partial charge in [0, 0.05) is 7.14 Å². The Morgan fingerprint density at radius 2 is 1.60 bits per heavy atom. The van der Waals surface area contributed by atoms with Crippen LogP contribution in [0.2, 0.25) is 0 Å². The van der Waals surface area contributed by atoms with E-state index in [1.54, 1.807) is 6.07 Å². The lowest BCUT2D eigenvalue weighted by Gasteiger charge is -2.00. The van der Waals surface area contributed by atoms with Crippen LogP contribution >= 0.6 is 67.8 Å². The summed E-state index contributed by atoms with van der Waals surface area (Å²) in [6, 6.07) is 3.62. The molecule has 54 valence electrons. The molecule has 1 aromatic rings. The second kappa shape index (κ2) is 3.74. The van der Waals surface area contributed by atoms with Gasteiger partial charge < -0.3 is 5.11 Å². The maximum absolute atomic E-state index is 9.21. The Morgan fingerprint density at radius 3 is 2.10 bits per heavy atom. The van der Waals surface area contributed by atoms with Crippen LogP contribution in [0.1, 0.15) is 0 Å². The summed E-state index contributed by atoms with van der Waals surface area (Å²) in [5.41, 5.74) is 0. The van der Waals surface area contributed by atoms with Crippen molar-refractivity contribution in [3.05, 3.63) is 22.8 Å². The zero-order valence-corrected chi connectivity index (χ0v) is 11.2. The van der Waals surface area contributed by atoms with Gasteiger partial charge in [-0.15, -0.1) is 0 Å². The Bertz CT molecular complexity index is 232. The maximum Gasteiger partial charge on any atom is 0.130 e. The molecule has 0 heterocycles. The van der Waals surface area contributed by atoms with Crippen LogP contribution in [0.15, 0.2) is 12.1 Å². The second-order valence-corrected chi connectivity index (χ2v) is 5.01. The van der Waals surface area contributed by atoms with E-state index in [2.05, 4.69) is 67.8 Å². The molecule has 0 atom stereocenters. The normalized spacial score (nSPS) is 9.90. The maximum atomic E-state index is 9.21. The summed E-state index contributed by atoms with van der Waals surface area (Å²) < 4.78 is 3.24. The number of aromatic hydroxyl groups is 1. The van der Waals surface area contributed by atoms with Gasteiger partial charge in [0.2, 0.25) is 0 Å². The van der Waals surface area contributed by atoms with E-state index >= 15 is 0 Å². The molecular weight excluding hydrogens is 469 g/mol. The number of hydrogen-bond acceptors (Lipinski definition) is 1. The van der Waals surface area contributed by atoms with Crippen LogP contribution in [0.4, 0.5) is 0 Å². The molecule has 0 aliphatic rings. The third kappa shape index (κ3) is 1.87. The van der Waals surface area contributed by atoms with Crippen LogP contribution < -0.4 is 0 Å². The Morgan fingerprint density at radius 1 is 1.00 bits per heavy atom. The number of benzene rings is 1. The molecule has 1 aromatic carbocycles. The standard InChI is InChI=1S/C6H3I3O/c7-3-1-2-4(10)6(9)5(3)8/h1-2,10H. The lowest BCUT2D eigenvalue weighted by atomic mass is 10.3. The Balaban J connectivity index is 3.34. The molecule has 0 fully saturated rings. The third-order valence-corrected chi connectivity index (χ3v) is 6.19. The summed E-state index contributed by atoms with van der Waals surface area (Å²) in [7, 11) is 0. The van der Waals surface area contributed by atoms with E-state index in [9.17, 15) is 5.11 Å². The molecule has 1 nitrogen and oxygen atoms in total. The predicted molar refractivity (Wildman–Crippen MR) is 66.3 cm³/mol. The van der Waals surface area contributed by atoms with E-state index in [4.69, 9.17) is 0 Å². The molecule has 4 heteroatoms. The first kappa shape index (κ1) is 9.30. The van der Waals surface area contributed by atoms with Crippen molar-refractivity contribution in [2.75, 3.05) is 0 Å². The van der Waals surface area contributed by atoms with Gasteiger partial charge in [-0.05, 0) is 79.9 Å². The minimum absolute atomic E-state index is 0.366. The third-order valence-electron chi connectivity index (χ3n) is 1.01. The van der Waals surface area contributed by atoms with Crippen LogP contribution in [0.25, 0.3) is 0 Å². The van der Waals surface area contributed by atoms with Crippen molar-refractivity contribution in [1.82, 2.24) is 0 Å². The van der Waals surface area contributed by atoms with Gasteiger partial charge in [0.1, 0.15) is 5.75 Å². The average molecular weight is 472 g/mol. The smallest absolute Gasteiger partial charge is 0.130 e. The minimum Gasteiger partial charge on any atom is -0.507 e. The first-order valence-corrected chi connectivity index (χ1v) is 5.69. The van der Waals surface area contributed by atoms with E-state index in [0.717, 1.165) is 7.14 Å². The highest BCUT2D eigenvalue weighted by Crippen LogP contribution is 2.28. The Labute approximate surface area is 100 Å². The van der Waals surface area contributed by atoms with Crippen molar-refractivity contribution in [3.8, 4) is 5.75 Å². The Hall–Kier alpha value is 1.21. The highest BCUT2D eigenvalue weighted by Gasteiger charge is 2.04. The van der Waals surface area contributed by atoms with Gasteiger partial charge in [-0.3, -0.25) is 0 Å². The van der Waals surface area contributed by atoms with Crippen LogP contribution in [-0.2, 0) is 0 Å². The largest absolute Gasteiger partial charge is 0.507 e. The fourth-order valence-electron chi connectivity index (χ4n) is 0.516. The second-order valence-electron chi connectivity index (χ2n) is 1.69. The lowest BCUT2D eigenvalue weighted by Crippen LogP contribution is -1.84. The molecule has 10 heavy (non-hydrogen) atoms. The van der Waals surface area contributed by atoms with E-state index in [1.807, 2.05) is 6.07 Å². The molecule has 1 rings (SSSR count). The summed E-state index contributed by atoms with van der Waals surface area (Å²) >= 11 is 6.59. The first-order valence-electron chi connectivity index (χ1n) is 2.45. The topological polar surface area (TPSA) is 20.2 Å². The zero-order valence-electron chi connectivity index (χ0n) is 4.74. The van der Waals surface area contributed by atoms with Crippen molar-refractivity contribution in [3.63, 3.8) is 0 Å². The van der Waals surface area contributed by atoms with Gasteiger partial charge in [-0.2, -0.15) is 0 Å². The highest BCUT2D eigenvalue weighted by atomic mass is 127. The Kier molecular flexibility index (Phi) is 3.48. The summed E-state index contributed by atoms with van der Waals surface area (Å²) in [6.07, 6.45) is 0. The number of rotatable bonds is 0. The van der Waals surface area contributed by atoms with Gasteiger partial charge in [0.05, 0.1) is 3.57 Å². The van der Waals surface area contributed by atoms with Gasteiger partial charge >= 0.3 is 0 Å². The van der Waals surface area contributed by atoms with Gasteiger partial charge in [-0.1, -0.05) is 0 Å². The molecule has 0 aromatic heterocycles. The monoisotopic (exact) mass is 472 g/mol. The van der Waals surface area contributed by atoms with E-state index in [1.165, 1.54) is 3.57 Å². The van der Waals surface area contributed by atoms with E-state index < -0.39 is 0 Å². The van der Waals surface area contributed by atoms with Crippen molar-refractivity contribution in [1.29, 1.82) is 0 Å². The molecule has 0 saturated heterocycles. The SMILES string of the molecule is Oc1ccc(I)c(I)c1I.